The summed E-state index contributed by atoms with van der Waals surface area (Å²) < 4.78 is 10.2. The highest BCUT2D eigenvalue weighted by Gasteiger charge is 2.14. The van der Waals surface area contributed by atoms with Crippen LogP contribution in [0.25, 0.3) is 11.5 Å². The van der Waals surface area contributed by atoms with Crippen LogP contribution in [0.5, 0.6) is 11.5 Å². The molecule has 0 aliphatic carbocycles. The Hall–Kier alpha value is -2.04. The molecule has 0 aliphatic heterocycles. The first-order valence-electron chi connectivity index (χ1n) is 5.80. The summed E-state index contributed by atoms with van der Waals surface area (Å²) in [6.45, 7) is 4.17. The first-order chi connectivity index (χ1) is 8.60. The summed E-state index contributed by atoms with van der Waals surface area (Å²) >= 11 is 0. The van der Waals surface area contributed by atoms with Gasteiger partial charge in [-0.15, -0.1) is 0 Å². The number of aromatic nitrogens is 2. The van der Waals surface area contributed by atoms with Crippen molar-refractivity contribution in [2.24, 2.45) is 5.92 Å². The molecule has 2 aromatic rings. The number of methoxy groups -OCH3 is 1. The molecule has 2 rings (SSSR count). The maximum absolute atomic E-state index is 9.86. The van der Waals surface area contributed by atoms with Crippen molar-refractivity contribution in [1.29, 1.82) is 0 Å². The lowest BCUT2D eigenvalue weighted by atomic mass is 10.1. The molecule has 96 valence electrons. The average molecular weight is 248 g/mol. The number of ether oxygens (including phenoxy) is 1. The number of nitrogens with zero attached hydrogens (tertiary/aromatic N) is 2. The van der Waals surface area contributed by atoms with Crippen LogP contribution in [0, 0.1) is 5.92 Å². The smallest absolute Gasteiger partial charge is 0.261 e. The lowest BCUT2D eigenvalue weighted by Crippen LogP contribution is -1.95. The van der Waals surface area contributed by atoms with E-state index in [1.165, 1.54) is 6.07 Å². The molecule has 5 nitrogen and oxygen atoms in total. The molecule has 0 amide bonds. The highest BCUT2D eigenvalue weighted by Crippen LogP contribution is 2.31. The summed E-state index contributed by atoms with van der Waals surface area (Å²) in [4.78, 5) is 4.26. The summed E-state index contributed by atoms with van der Waals surface area (Å²) in [5, 5.41) is 13.7. The first kappa shape index (κ1) is 12.4. The van der Waals surface area contributed by atoms with Crippen LogP contribution >= 0.6 is 0 Å². The van der Waals surface area contributed by atoms with E-state index in [-0.39, 0.29) is 5.75 Å². The SMILES string of the molecule is COc1ccc(-c2nc(CC(C)C)no2)c(O)c1. The van der Waals surface area contributed by atoms with Crippen LogP contribution in [0.3, 0.4) is 0 Å². The molecule has 0 spiro atoms. The zero-order valence-electron chi connectivity index (χ0n) is 10.7. The van der Waals surface area contributed by atoms with Crippen molar-refractivity contribution in [3.63, 3.8) is 0 Å². The Morgan fingerprint density at radius 2 is 2.17 bits per heavy atom. The topological polar surface area (TPSA) is 68.4 Å². The largest absolute Gasteiger partial charge is 0.507 e. The highest BCUT2D eigenvalue weighted by atomic mass is 16.5. The lowest BCUT2D eigenvalue weighted by molar-refractivity contribution is 0.403. The molecule has 0 bridgehead atoms. The molecule has 0 unspecified atom stereocenters. The van der Waals surface area contributed by atoms with Crippen LogP contribution < -0.4 is 4.74 Å². The van der Waals surface area contributed by atoms with Crippen LogP contribution in [0.1, 0.15) is 19.7 Å². The standard InChI is InChI=1S/C13H16N2O3/c1-8(2)6-12-14-13(18-15-12)10-5-4-9(17-3)7-11(10)16/h4-5,7-8,16H,6H2,1-3H3. The number of benzene rings is 1. The molecule has 0 saturated carbocycles. The van der Waals surface area contributed by atoms with E-state index in [9.17, 15) is 5.11 Å². The van der Waals surface area contributed by atoms with Crippen molar-refractivity contribution >= 4 is 0 Å². The highest BCUT2D eigenvalue weighted by molar-refractivity contribution is 5.63. The van der Waals surface area contributed by atoms with Gasteiger partial charge in [0.2, 0.25) is 0 Å². The van der Waals surface area contributed by atoms with Gasteiger partial charge in [0.05, 0.1) is 12.7 Å². The van der Waals surface area contributed by atoms with Crippen molar-refractivity contribution in [3.05, 3.63) is 24.0 Å². The quantitative estimate of drug-likeness (QED) is 0.900. The van der Waals surface area contributed by atoms with Crippen LogP contribution in [0.2, 0.25) is 0 Å². The molecule has 1 heterocycles. The van der Waals surface area contributed by atoms with Crippen LogP contribution in [-0.2, 0) is 6.42 Å². The predicted octanol–water partition coefficient (Wildman–Crippen LogP) is 2.65. The van der Waals surface area contributed by atoms with Gasteiger partial charge in [-0.1, -0.05) is 19.0 Å². The van der Waals surface area contributed by atoms with Gasteiger partial charge in [0.15, 0.2) is 5.82 Å². The van der Waals surface area contributed by atoms with Crippen molar-refractivity contribution in [2.45, 2.75) is 20.3 Å². The fourth-order valence-electron chi connectivity index (χ4n) is 1.63. The molecule has 0 radical (unpaired) electrons. The summed E-state index contributed by atoms with van der Waals surface area (Å²) in [5.41, 5.74) is 0.512. The molecule has 18 heavy (non-hydrogen) atoms. The van der Waals surface area contributed by atoms with E-state index in [2.05, 4.69) is 24.0 Å². The molecule has 0 fully saturated rings. The summed E-state index contributed by atoms with van der Waals surface area (Å²) in [6, 6.07) is 4.95. The number of hydrogen-bond acceptors (Lipinski definition) is 5. The molecule has 5 heteroatoms. The molecular weight excluding hydrogens is 232 g/mol. The van der Waals surface area contributed by atoms with Crippen LogP contribution in [0.4, 0.5) is 0 Å². The van der Waals surface area contributed by atoms with Gasteiger partial charge in [-0.3, -0.25) is 0 Å². The minimum absolute atomic E-state index is 0.0640. The average Bonchev–Trinajstić information content (AvgIpc) is 2.76. The Balaban J connectivity index is 2.28. The van der Waals surface area contributed by atoms with E-state index in [0.29, 0.717) is 28.9 Å². The van der Waals surface area contributed by atoms with Gasteiger partial charge in [-0.25, -0.2) is 0 Å². The van der Waals surface area contributed by atoms with Gasteiger partial charge < -0.3 is 14.4 Å². The van der Waals surface area contributed by atoms with Crippen molar-refractivity contribution in [1.82, 2.24) is 10.1 Å². The Bertz CT molecular complexity index is 535. The first-order valence-corrected chi connectivity index (χ1v) is 5.80. The lowest BCUT2D eigenvalue weighted by Gasteiger charge is -2.02. The minimum Gasteiger partial charge on any atom is -0.507 e. The zero-order chi connectivity index (χ0) is 13.1. The van der Waals surface area contributed by atoms with Gasteiger partial charge in [0.25, 0.3) is 5.89 Å². The van der Waals surface area contributed by atoms with Crippen LogP contribution in [-0.4, -0.2) is 22.4 Å². The number of hydrogen-bond donors (Lipinski definition) is 1. The molecular formula is C13H16N2O3. The van der Waals surface area contributed by atoms with E-state index in [4.69, 9.17) is 9.26 Å². The predicted molar refractivity (Wildman–Crippen MR) is 66.5 cm³/mol. The number of rotatable bonds is 4. The molecule has 0 saturated heterocycles. The van der Waals surface area contributed by atoms with Crippen LogP contribution in [0.15, 0.2) is 22.7 Å². The fraction of sp³-hybridized carbons (Fsp3) is 0.385. The van der Waals surface area contributed by atoms with Crippen molar-refractivity contribution in [3.8, 4) is 23.0 Å². The summed E-state index contributed by atoms with van der Waals surface area (Å²) in [5.74, 6) is 2.08. The van der Waals surface area contributed by atoms with Gasteiger partial charge in [-0.05, 0) is 18.1 Å². The van der Waals surface area contributed by atoms with Crippen molar-refractivity contribution in [2.75, 3.05) is 7.11 Å². The van der Waals surface area contributed by atoms with Gasteiger partial charge in [0, 0.05) is 12.5 Å². The second-order valence-electron chi connectivity index (χ2n) is 4.50. The van der Waals surface area contributed by atoms with Gasteiger partial charge in [0.1, 0.15) is 11.5 Å². The second-order valence-corrected chi connectivity index (χ2v) is 4.50. The Morgan fingerprint density at radius 1 is 1.39 bits per heavy atom. The third-order valence-corrected chi connectivity index (χ3v) is 2.49. The number of phenols is 1. The maximum Gasteiger partial charge on any atom is 0.261 e. The summed E-state index contributed by atoms with van der Waals surface area (Å²) in [6.07, 6.45) is 0.750. The fourth-order valence-corrected chi connectivity index (χ4v) is 1.63. The normalized spacial score (nSPS) is 10.9. The Labute approximate surface area is 105 Å². The Morgan fingerprint density at radius 3 is 2.78 bits per heavy atom. The van der Waals surface area contributed by atoms with E-state index in [1.807, 2.05) is 0 Å². The van der Waals surface area contributed by atoms with E-state index in [1.54, 1.807) is 19.2 Å². The maximum atomic E-state index is 9.86. The molecule has 1 N–H and O–H groups in total. The van der Waals surface area contributed by atoms with Gasteiger partial charge >= 0.3 is 0 Å². The number of aromatic hydroxyl groups is 1. The number of phenolic OH excluding ortho intramolecular Hbond substituents is 1. The monoisotopic (exact) mass is 248 g/mol. The molecule has 0 atom stereocenters. The molecule has 0 aliphatic rings. The molecule has 1 aromatic carbocycles. The van der Waals surface area contributed by atoms with E-state index >= 15 is 0 Å². The second kappa shape index (κ2) is 5.08. The van der Waals surface area contributed by atoms with Crippen molar-refractivity contribution < 1.29 is 14.4 Å². The molecule has 1 aromatic heterocycles. The third-order valence-electron chi connectivity index (χ3n) is 2.49. The zero-order valence-corrected chi connectivity index (χ0v) is 10.7. The Kier molecular flexibility index (Phi) is 3.50. The minimum atomic E-state index is 0.0640. The third kappa shape index (κ3) is 2.61. The summed E-state index contributed by atoms with van der Waals surface area (Å²) in [7, 11) is 1.54. The van der Waals surface area contributed by atoms with E-state index in [0.717, 1.165) is 6.42 Å². The van der Waals surface area contributed by atoms with E-state index < -0.39 is 0 Å². The van der Waals surface area contributed by atoms with Gasteiger partial charge in [-0.2, -0.15) is 4.98 Å².